The van der Waals surface area contributed by atoms with Crippen molar-refractivity contribution in [3.05, 3.63) is 106 Å². The standard InChI is InChI=1S/C23H18ClNO/c24-17-12-10-16(11-13-17)23-22-19(18-8-4-5-9-20(18)25-22)14-21(26-23)15-6-2-1-3-7-15/h1-13,21,23,25H,14H2/t21-,23-/m0/s1. The summed E-state index contributed by atoms with van der Waals surface area (Å²) in [5.74, 6) is 0. The van der Waals surface area contributed by atoms with Crippen LogP contribution in [0.3, 0.4) is 0 Å². The number of fused-ring (bicyclic) bond motifs is 3. The number of hydrogen-bond donors (Lipinski definition) is 1. The maximum absolute atomic E-state index is 6.58. The second kappa shape index (κ2) is 6.31. The minimum Gasteiger partial charge on any atom is -0.359 e. The Kier molecular flexibility index (Phi) is 3.81. The number of halogens is 1. The average molecular weight is 360 g/mol. The molecule has 26 heavy (non-hydrogen) atoms. The number of rotatable bonds is 2. The van der Waals surface area contributed by atoms with Crippen LogP contribution in [0.4, 0.5) is 0 Å². The van der Waals surface area contributed by atoms with Crippen LogP contribution in [0.2, 0.25) is 5.02 Å². The van der Waals surface area contributed by atoms with E-state index in [4.69, 9.17) is 16.3 Å². The highest BCUT2D eigenvalue weighted by molar-refractivity contribution is 6.30. The Balaban J connectivity index is 1.67. The Hall–Kier alpha value is -2.55. The van der Waals surface area contributed by atoms with Crippen LogP contribution < -0.4 is 0 Å². The lowest BCUT2D eigenvalue weighted by Crippen LogP contribution is -2.21. The number of benzene rings is 3. The van der Waals surface area contributed by atoms with Crippen molar-refractivity contribution >= 4 is 22.5 Å². The highest BCUT2D eigenvalue weighted by Crippen LogP contribution is 2.43. The second-order valence-electron chi connectivity index (χ2n) is 6.73. The minimum atomic E-state index is -0.131. The van der Waals surface area contributed by atoms with Crippen molar-refractivity contribution in [3.63, 3.8) is 0 Å². The molecule has 5 rings (SSSR count). The van der Waals surface area contributed by atoms with Crippen LogP contribution in [0.5, 0.6) is 0 Å². The van der Waals surface area contributed by atoms with Crippen LogP contribution in [0.1, 0.15) is 34.6 Å². The Labute approximate surface area is 157 Å². The molecule has 0 saturated carbocycles. The molecule has 2 nitrogen and oxygen atoms in total. The molecule has 1 aromatic heterocycles. The molecule has 4 aromatic rings. The number of aromatic amines is 1. The zero-order valence-corrected chi connectivity index (χ0v) is 14.9. The van der Waals surface area contributed by atoms with Gasteiger partial charge >= 0.3 is 0 Å². The molecule has 0 aliphatic carbocycles. The second-order valence-corrected chi connectivity index (χ2v) is 7.17. The molecule has 0 saturated heterocycles. The van der Waals surface area contributed by atoms with Gasteiger partial charge in [-0.25, -0.2) is 0 Å². The number of H-pyrrole nitrogens is 1. The molecule has 0 amide bonds. The van der Waals surface area contributed by atoms with Crippen molar-refractivity contribution in [2.24, 2.45) is 0 Å². The highest BCUT2D eigenvalue weighted by atomic mass is 35.5. The maximum Gasteiger partial charge on any atom is 0.123 e. The van der Waals surface area contributed by atoms with E-state index in [1.165, 1.54) is 16.5 Å². The first-order valence-electron chi connectivity index (χ1n) is 8.85. The number of hydrogen-bond acceptors (Lipinski definition) is 1. The van der Waals surface area contributed by atoms with Crippen LogP contribution in [-0.4, -0.2) is 4.98 Å². The minimum absolute atomic E-state index is 0.0311. The summed E-state index contributed by atoms with van der Waals surface area (Å²) in [7, 11) is 0. The predicted molar refractivity (Wildman–Crippen MR) is 106 cm³/mol. The molecule has 0 bridgehead atoms. The molecule has 2 heterocycles. The van der Waals surface area contributed by atoms with Gasteiger partial charge in [-0.15, -0.1) is 0 Å². The van der Waals surface area contributed by atoms with Crippen molar-refractivity contribution in [3.8, 4) is 0 Å². The molecule has 128 valence electrons. The lowest BCUT2D eigenvalue weighted by molar-refractivity contribution is -0.00700. The van der Waals surface area contributed by atoms with Crippen LogP contribution in [0.15, 0.2) is 78.9 Å². The van der Waals surface area contributed by atoms with Gasteiger partial charge in [0.1, 0.15) is 6.10 Å². The Morgan fingerprint density at radius 3 is 2.35 bits per heavy atom. The van der Waals surface area contributed by atoms with Crippen LogP contribution in [-0.2, 0) is 11.2 Å². The van der Waals surface area contributed by atoms with Gasteiger partial charge in [0.15, 0.2) is 0 Å². The first-order valence-corrected chi connectivity index (χ1v) is 9.23. The summed E-state index contributed by atoms with van der Waals surface area (Å²) in [4.78, 5) is 3.59. The topological polar surface area (TPSA) is 25.0 Å². The molecule has 0 radical (unpaired) electrons. The van der Waals surface area contributed by atoms with Crippen molar-refractivity contribution in [1.82, 2.24) is 4.98 Å². The van der Waals surface area contributed by atoms with E-state index >= 15 is 0 Å². The van der Waals surface area contributed by atoms with E-state index in [1.54, 1.807) is 0 Å². The molecule has 2 atom stereocenters. The van der Waals surface area contributed by atoms with Gasteiger partial charge < -0.3 is 9.72 Å². The summed E-state index contributed by atoms with van der Waals surface area (Å²) in [5.41, 5.74) is 5.99. The molecule has 3 aromatic carbocycles. The normalized spacial score (nSPS) is 19.4. The maximum atomic E-state index is 6.58. The van der Waals surface area contributed by atoms with Gasteiger partial charge in [-0.1, -0.05) is 72.3 Å². The third kappa shape index (κ3) is 2.63. The van der Waals surface area contributed by atoms with Gasteiger partial charge in [-0.3, -0.25) is 0 Å². The van der Waals surface area contributed by atoms with Crippen LogP contribution in [0.25, 0.3) is 10.9 Å². The Morgan fingerprint density at radius 2 is 1.54 bits per heavy atom. The van der Waals surface area contributed by atoms with Gasteiger partial charge in [0.2, 0.25) is 0 Å². The monoisotopic (exact) mass is 359 g/mol. The van der Waals surface area contributed by atoms with E-state index in [-0.39, 0.29) is 12.2 Å². The smallest absolute Gasteiger partial charge is 0.123 e. The molecular formula is C23H18ClNO. The van der Waals surface area contributed by atoms with Crippen molar-refractivity contribution in [2.75, 3.05) is 0 Å². The predicted octanol–water partition coefficient (Wildman–Crippen LogP) is 6.22. The summed E-state index contributed by atoms with van der Waals surface area (Å²) in [6, 6.07) is 26.9. The van der Waals surface area contributed by atoms with Crippen LogP contribution in [0, 0.1) is 0 Å². The van der Waals surface area contributed by atoms with Gasteiger partial charge in [-0.05, 0) is 34.9 Å². The van der Waals surface area contributed by atoms with Gasteiger partial charge in [-0.2, -0.15) is 0 Å². The van der Waals surface area contributed by atoms with E-state index in [0.29, 0.717) is 0 Å². The molecule has 0 fully saturated rings. The number of aromatic nitrogens is 1. The lowest BCUT2D eigenvalue weighted by atomic mass is 9.92. The molecule has 3 heteroatoms. The van der Waals surface area contributed by atoms with Gasteiger partial charge in [0.05, 0.1) is 11.8 Å². The fourth-order valence-corrected chi connectivity index (χ4v) is 4.00. The Bertz CT molecular complexity index is 1050. The zero-order chi connectivity index (χ0) is 17.5. The molecule has 1 N–H and O–H groups in total. The molecular weight excluding hydrogens is 342 g/mol. The summed E-state index contributed by atoms with van der Waals surface area (Å²) < 4.78 is 6.58. The zero-order valence-electron chi connectivity index (χ0n) is 14.2. The number of ether oxygens (including phenoxy) is 1. The van der Waals surface area contributed by atoms with Crippen molar-refractivity contribution in [2.45, 2.75) is 18.6 Å². The van der Waals surface area contributed by atoms with E-state index < -0.39 is 0 Å². The van der Waals surface area contributed by atoms with E-state index in [2.05, 4.69) is 65.6 Å². The SMILES string of the molecule is Clc1ccc([C@@H]2O[C@H](c3ccccc3)Cc3c2[nH]c2ccccc32)cc1. The fraction of sp³-hybridized carbons (Fsp3) is 0.130. The third-order valence-corrected chi connectivity index (χ3v) is 5.39. The first-order chi connectivity index (χ1) is 12.8. The quantitative estimate of drug-likeness (QED) is 0.451. The number of nitrogens with one attached hydrogen (secondary N) is 1. The summed E-state index contributed by atoms with van der Waals surface area (Å²) in [6.45, 7) is 0. The molecule has 0 unspecified atom stereocenters. The molecule has 0 spiro atoms. The Morgan fingerprint density at radius 1 is 0.808 bits per heavy atom. The summed E-state index contributed by atoms with van der Waals surface area (Å²) >= 11 is 6.09. The van der Waals surface area contributed by atoms with E-state index in [0.717, 1.165) is 28.2 Å². The van der Waals surface area contributed by atoms with E-state index in [9.17, 15) is 0 Å². The largest absolute Gasteiger partial charge is 0.359 e. The fourth-order valence-electron chi connectivity index (χ4n) is 3.88. The van der Waals surface area contributed by atoms with E-state index in [1.807, 2.05) is 18.2 Å². The van der Waals surface area contributed by atoms with Crippen molar-refractivity contribution in [1.29, 1.82) is 0 Å². The highest BCUT2D eigenvalue weighted by Gasteiger charge is 2.32. The van der Waals surface area contributed by atoms with Crippen LogP contribution >= 0.6 is 11.6 Å². The number of para-hydroxylation sites is 1. The van der Waals surface area contributed by atoms with Gasteiger partial charge in [0.25, 0.3) is 0 Å². The molecule has 1 aliphatic rings. The molecule has 1 aliphatic heterocycles. The van der Waals surface area contributed by atoms with Crippen molar-refractivity contribution < 1.29 is 4.74 Å². The first kappa shape index (κ1) is 15.7. The van der Waals surface area contributed by atoms with Gasteiger partial charge in [0, 0.05) is 22.3 Å². The summed E-state index contributed by atoms with van der Waals surface area (Å²) in [6.07, 6.45) is 0.769. The third-order valence-electron chi connectivity index (χ3n) is 5.14. The average Bonchev–Trinajstić information content (AvgIpc) is 3.07. The lowest BCUT2D eigenvalue weighted by Gasteiger charge is -2.31. The summed E-state index contributed by atoms with van der Waals surface area (Å²) in [5, 5.41) is 2.02.